The normalized spacial score (nSPS) is 18.8. The summed E-state index contributed by atoms with van der Waals surface area (Å²) in [6.07, 6.45) is 0. The molecule has 1 fully saturated rings. The average molecular weight is 413 g/mol. The second-order valence-electron chi connectivity index (χ2n) is 5.94. The summed E-state index contributed by atoms with van der Waals surface area (Å²) in [5.74, 6) is -1.70. The molecule has 0 radical (unpaired) electrons. The van der Waals surface area contributed by atoms with E-state index in [2.05, 4.69) is 5.32 Å². The van der Waals surface area contributed by atoms with Gasteiger partial charge < -0.3 is 5.32 Å². The van der Waals surface area contributed by atoms with Crippen LogP contribution < -0.4 is 9.62 Å². The van der Waals surface area contributed by atoms with Gasteiger partial charge in [0.25, 0.3) is 5.91 Å². The van der Waals surface area contributed by atoms with Gasteiger partial charge in [-0.2, -0.15) is 0 Å². The summed E-state index contributed by atoms with van der Waals surface area (Å²) < 4.78 is 25.0. The first-order valence-electron chi connectivity index (χ1n) is 7.62. The van der Waals surface area contributed by atoms with Crippen LogP contribution in [-0.2, 0) is 14.8 Å². The molecule has 1 aliphatic rings. The van der Waals surface area contributed by atoms with Gasteiger partial charge in [-0.1, -0.05) is 30.1 Å². The van der Waals surface area contributed by atoms with Crippen LogP contribution in [0.4, 0.5) is 11.4 Å². The second-order valence-corrected chi connectivity index (χ2v) is 8.68. The van der Waals surface area contributed by atoms with Gasteiger partial charge in [-0.15, -0.1) is 0 Å². The van der Waals surface area contributed by atoms with Gasteiger partial charge in [0.15, 0.2) is 0 Å². The third-order valence-electron chi connectivity index (χ3n) is 3.84. The number of carbonyl (C=O) groups excluding carboxylic acids is 2. The maximum Gasteiger partial charge on any atom is 0.255 e. The van der Waals surface area contributed by atoms with Gasteiger partial charge in [0.2, 0.25) is 15.9 Å². The number of nitrogens with one attached hydrogen (secondary N) is 1. The molecule has 0 saturated carbocycles. The zero-order valence-corrected chi connectivity index (χ0v) is 15.9. The molecule has 1 unspecified atom stereocenters. The summed E-state index contributed by atoms with van der Waals surface area (Å²) in [5, 5.41) is 3.42. The molecule has 3 rings (SSSR count). The van der Waals surface area contributed by atoms with Gasteiger partial charge in [-0.25, -0.2) is 12.7 Å². The lowest BCUT2D eigenvalue weighted by Gasteiger charge is -2.15. The fraction of sp³-hybridized carbons (Fsp3) is 0.176. The first-order chi connectivity index (χ1) is 12.2. The standard InChI is InChI=1S/C17H14Cl2N2O4S/c1-10-9-26(24,25)21(17(10)23)15-4-2-11(3-5-15)16(22)20-14-7-12(18)6-13(19)8-14/h2-8,10H,9H2,1H3,(H,20,22). The molecule has 136 valence electrons. The minimum Gasteiger partial charge on any atom is -0.322 e. The molecule has 1 saturated heterocycles. The Labute approximate surface area is 160 Å². The number of hydrogen-bond acceptors (Lipinski definition) is 4. The van der Waals surface area contributed by atoms with E-state index in [4.69, 9.17) is 23.2 Å². The average Bonchev–Trinajstić information content (AvgIpc) is 2.74. The van der Waals surface area contributed by atoms with E-state index in [9.17, 15) is 18.0 Å². The smallest absolute Gasteiger partial charge is 0.255 e. The Morgan fingerprint density at radius 2 is 1.69 bits per heavy atom. The van der Waals surface area contributed by atoms with Crippen molar-refractivity contribution in [3.63, 3.8) is 0 Å². The Morgan fingerprint density at radius 3 is 2.19 bits per heavy atom. The van der Waals surface area contributed by atoms with Crippen LogP contribution in [0.2, 0.25) is 10.0 Å². The van der Waals surface area contributed by atoms with E-state index < -0.39 is 27.8 Å². The Morgan fingerprint density at radius 1 is 1.12 bits per heavy atom. The third-order valence-corrected chi connectivity index (χ3v) is 6.15. The largest absolute Gasteiger partial charge is 0.322 e. The first kappa shape index (κ1) is 18.7. The molecular weight excluding hydrogens is 399 g/mol. The van der Waals surface area contributed by atoms with Crippen LogP contribution in [0.25, 0.3) is 0 Å². The molecule has 0 bridgehead atoms. The van der Waals surface area contributed by atoms with Crippen molar-refractivity contribution < 1.29 is 18.0 Å². The van der Waals surface area contributed by atoms with Gasteiger partial charge in [0.1, 0.15) is 0 Å². The van der Waals surface area contributed by atoms with E-state index >= 15 is 0 Å². The highest BCUT2D eigenvalue weighted by Gasteiger charge is 2.41. The molecule has 1 N–H and O–H groups in total. The van der Waals surface area contributed by atoms with Crippen molar-refractivity contribution in [2.75, 3.05) is 15.4 Å². The molecule has 1 heterocycles. The van der Waals surface area contributed by atoms with Crippen LogP contribution in [-0.4, -0.2) is 26.0 Å². The van der Waals surface area contributed by atoms with E-state index in [0.717, 1.165) is 4.31 Å². The fourth-order valence-electron chi connectivity index (χ4n) is 2.66. The van der Waals surface area contributed by atoms with E-state index in [1.54, 1.807) is 25.1 Å². The van der Waals surface area contributed by atoms with E-state index in [1.165, 1.54) is 24.3 Å². The zero-order valence-electron chi connectivity index (χ0n) is 13.6. The number of hydrogen-bond donors (Lipinski definition) is 1. The number of rotatable bonds is 3. The summed E-state index contributed by atoms with van der Waals surface area (Å²) >= 11 is 11.8. The zero-order chi connectivity index (χ0) is 19.1. The monoisotopic (exact) mass is 412 g/mol. The molecule has 26 heavy (non-hydrogen) atoms. The van der Waals surface area contributed by atoms with Crippen molar-refractivity contribution in [2.45, 2.75) is 6.92 Å². The molecule has 0 aliphatic carbocycles. The Kier molecular flexibility index (Phi) is 4.96. The van der Waals surface area contributed by atoms with Crippen LogP contribution >= 0.6 is 23.2 Å². The van der Waals surface area contributed by atoms with E-state index in [-0.39, 0.29) is 11.4 Å². The Balaban J connectivity index is 1.81. The predicted molar refractivity (Wildman–Crippen MR) is 101 cm³/mol. The van der Waals surface area contributed by atoms with E-state index in [0.29, 0.717) is 21.3 Å². The highest BCUT2D eigenvalue weighted by atomic mass is 35.5. The van der Waals surface area contributed by atoms with Crippen molar-refractivity contribution in [3.8, 4) is 0 Å². The van der Waals surface area contributed by atoms with Gasteiger partial charge in [0.05, 0.1) is 17.4 Å². The van der Waals surface area contributed by atoms with Crippen molar-refractivity contribution in [2.24, 2.45) is 5.92 Å². The predicted octanol–water partition coefficient (Wildman–Crippen LogP) is 3.56. The van der Waals surface area contributed by atoms with Crippen LogP contribution in [0.5, 0.6) is 0 Å². The highest BCUT2D eigenvalue weighted by Crippen LogP contribution is 2.28. The molecule has 2 aromatic carbocycles. The molecule has 2 amide bonds. The molecule has 0 aromatic heterocycles. The summed E-state index contributed by atoms with van der Waals surface area (Å²) in [4.78, 5) is 24.4. The maximum absolute atomic E-state index is 12.3. The lowest BCUT2D eigenvalue weighted by Crippen LogP contribution is -2.30. The Hall–Kier alpha value is -2.09. The fourth-order valence-corrected chi connectivity index (χ4v) is 5.01. The lowest BCUT2D eigenvalue weighted by molar-refractivity contribution is -0.119. The first-order valence-corrected chi connectivity index (χ1v) is 9.98. The topological polar surface area (TPSA) is 83.6 Å². The summed E-state index contributed by atoms with van der Waals surface area (Å²) in [5.41, 5.74) is 0.936. The molecule has 2 aromatic rings. The minimum absolute atomic E-state index is 0.210. The molecular formula is C17H14Cl2N2O4S. The van der Waals surface area contributed by atoms with Crippen LogP contribution in [0.15, 0.2) is 42.5 Å². The summed E-state index contributed by atoms with van der Waals surface area (Å²) in [6.45, 7) is 1.57. The van der Waals surface area contributed by atoms with Gasteiger partial charge in [-0.05, 0) is 42.5 Å². The number of anilines is 2. The summed E-state index contributed by atoms with van der Waals surface area (Å²) in [7, 11) is -3.68. The SMILES string of the molecule is CC1CS(=O)(=O)N(c2ccc(C(=O)Nc3cc(Cl)cc(Cl)c3)cc2)C1=O. The third kappa shape index (κ3) is 3.70. The number of sulfonamides is 1. The molecule has 0 spiro atoms. The second kappa shape index (κ2) is 6.90. The molecule has 1 atom stereocenters. The van der Waals surface area contributed by atoms with E-state index in [1.807, 2.05) is 0 Å². The van der Waals surface area contributed by atoms with Gasteiger partial charge in [-0.3, -0.25) is 9.59 Å². The minimum atomic E-state index is -3.68. The quantitative estimate of drug-likeness (QED) is 0.834. The summed E-state index contributed by atoms with van der Waals surface area (Å²) in [6, 6.07) is 10.4. The van der Waals surface area contributed by atoms with Gasteiger partial charge in [0, 0.05) is 21.3 Å². The number of carbonyl (C=O) groups is 2. The molecule has 6 nitrogen and oxygen atoms in total. The van der Waals surface area contributed by atoms with Crippen LogP contribution in [0.3, 0.4) is 0 Å². The number of amides is 2. The highest BCUT2D eigenvalue weighted by molar-refractivity contribution is 7.94. The van der Waals surface area contributed by atoms with Crippen molar-refractivity contribution >= 4 is 56.4 Å². The van der Waals surface area contributed by atoms with Gasteiger partial charge >= 0.3 is 0 Å². The number of halogens is 2. The van der Waals surface area contributed by atoms with Crippen LogP contribution in [0.1, 0.15) is 17.3 Å². The maximum atomic E-state index is 12.3. The van der Waals surface area contributed by atoms with Crippen molar-refractivity contribution in [3.05, 3.63) is 58.1 Å². The Bertz CT molecular complexity index is 970. The van der Waals surface area contributed by atoms with Crippen LogP contribution in [0, 0.1) is 5.92 Å². The molecule has 1 aliphatic heterocycles. The molecule has 9 heteroatoms. The number of benzene rings is 2. The van der Waals surface area contributed by atoms with Crippen molar-refractivity contribution in [1.29, 1.82) is 0 Å². The van der Waals surface area contributed by atoms with Crippen molar-refractivity contribution in [1.82, 2.24) is 0 Å². The lowest BCUT2D eigenvalue weighted by atomic mass is 10.1. The number of nitrogens with zero attached hydrogens (tertiary/aromatic N) is 1.